The number of ether oxygens (including phenoxy) is 2. The second-order valence-electron chi connectivity index (χ2n) is 6.52. The first-order valence-electron chi connectivity index (χ1n) is 9.43. The van der Waals surface area contributed by atoms with Crippen molar-refractivity contribution in [2.45, 2.75) is 39.8 Å². The van der Waals surface area contributed by atoms with Gasteiger partial charge in [-0.25, -0.2) is 0 Å². The van der Waals surface area contributed by atoms with Crippen LogP contribution in [0.15, 0.2) is 23.2 Å². The van der Waals surface area contributed by atoms with Gasteiger partial charge < -0.3 is 25.0 Å². The maximum Gasteiger partial charge on any atom is 0.191 e. The third-order valence-electron chi connectivity index (χ3n) is 3.99. The molecule has 0 radical (unpaired) electrons. The second kappa shape index (κ2) is 12.5. The summed E-state index contributed by atoms with van der Waals surface area (Å²) in [6.07, 6.45) is 1.15. The van der Waals surface area contributed by atoms with Crippen molar-refractivity contribution >= 4 is 5.96 Å². The van der Waals surface area contributed by atoms with Crippen LogP contribution in [0.5, 0.6) is 5.75 Å². The monoisotopic (exact) mass is 364 g/mol. The number of guanidine groups is 1. The Labute approximate surface area is 159 Å². The van der Waals surface area contributed by atoms with E-state index in [0.717, 1.165) is 36.8 Å². The van der Waals surface area contributed by atoms with Crippen molar-refractivity contribution in [3.63, 3.8) is 0 Å². The Bertz CT molecular complexity index is 547. The molecule has 1 unspecified atom stereocenters. The molecule has 0 saturated carbocycles. The van der Waals surface area contributed by atoms with Crippen molar-refractivity contribution in [1.82, 2.24) is 15.5 Å². The summed E-state index contributed by atoms with van der Waals surface area (Å²) in [6, 6.07) is 6.27. The Balaban J connectivity index is 2.56. The molecule has 6 nitrogen and oxygen atoms in total. The lowest BCUT2D eigenvalue weighted by atomic mass is 10.1. The van der Waals surface area contributed by atoms with Gasteiger partial charge in [-0.1, -0.05) is 12.1 Å². The largest absolute Gasteiger partial charge is 0.494 e. The molecule has 0 aliphatic heterocycles. The minimum Gasteiger partial charge on any atom is -0.494 e. The Morgan fingerprint density at radius 2 is 1.96 bits per heavy atom. The molecule has 1 atom stereocenters. The van der Waals surface area contributed by atoms with Gasteiger partial charge in [0.1, 0.15) is 5.75 Å². The van der Waals surface area contributed by atoms with Crippen LogP contribution in [0.4, 0.5) is 0 Å². The van der Waals surface area contributed by atoms with E-state index in [1.807, 2.05) is 13.8 Å². The van der Waals surface area contributed by atoms with Crippen molar-refractivity contribution in [3.8, 4) is 5.75 Å². The lowest BCUT2D eigenvalue weighted by Crippen LogP contribution is -2.42. The Hall–Kier alpha value is -1.79. The van der Waals surface area contributed by atoms with E-state index in [9.17, 15) is 0 Å². The van der Waals surface area contributed by atoms with Gasteiger partial charge in [-0.15, -0.1) is 0 Å². The molecule has 0 amide bonds. The van der Waals surface area contributed by atoms with Crippen molar-refractivity contribution in [3.05, 3.63) is 29.3 Å². The van der Waals surface area contributed by atoms with Gasteiger partial charge in [0.25, 0.3) is 0 Å². The molecule has 148 valence electrons. The summed E-state index contributed by atoms with van der Waals surface area (Å²) in [6.45, 7) is 9.86. The first-order chi connectivity index (χ1) is 12.5. The van der Waals surface area contributed by atoms with Gasteiger partial charge in [0.05, 0.1) is 12.7 Å². The van der Waals surface area contributed by atoms with Crippen LogP contribution in [0.1, 0.15) is 31.4 Å². The SMILES string of the molecule is CCOc1cc(C)ccc1CNC(=NC)NCC(CCN(C)C)OCC. The summed E-state index contributed by atoms with van der Waals surface area (Å²) in [5.41, 5.74) is 2.31. The molecule has 0 saturated heterocycles. The van der Waals surface area contributed by atoms with Crippen molar-refractivity contribution < 1.29 is 9.47 Å². The van der Waals surface area contributed by atoms with Crippen LogP contribution in [0.3, 0.4) is 0 Å². The number of aliphatic imine (C=N–C) groups is 1. The minimum absolute atomic E-state index is 0.166. The molecular weight excluding hydrogens is 328 g/mol. The number of hydrogen-bond acceptors (Lipinski definition) is 4. The maximum atomic E-state index is 5.82. The van der Waals surface area contributed by atoms with Gasteiger partial charge in [-0.2, -0.15) is 0 Å². The number of nitrogens with one attached hydrogen (secondary N) is 2. The Morgan fingerprint density at radius 1 is 1.19 bits per heavy atom. The summed E-state index contributed by atoms with van der Waals surface area (Å²) in [4.78, 5) is 6.48. The van der Waals surface area contributed by atoms with E-state index < -0.39 is 0 Å². The molecule has 0 aliphatic carbocycles. The molecule has 1 aromatic rings. The normalized spacial score (nSPS) is 13.0. The average Bonchev–Trinajstić information content (AvgIpc) is 2.61. The van der Waals surface area contributed by atoms with Crippen molar-refractivity contribution in [2.24, 2.45) is 4.99 Å². The van der Waals surface area contributed by atoms with Gasteiger partial charge in [-0.05, 0) is 52.9 Å². The lowest BCUT2D eigenvalue weighted by molar-refractivity contribution is 0.0548. The summed E-state index contributed by atoms with van der Waals surface area (Å²) >= 11 is 0. The number of aryl methyl sites for hydroxylation is 1. The van der Waals surface area contributed by atoms with Gasteiger partial charge in [-0.3, -0.25) is 4.99 Å². The van der Waals surface area contributed by atoms with Crippen LogP contribution in [0.25, 0.3) is 0 Å². The smallest absolute Gasteiger partial charge is 0.191 e. The Morgan fingerprint density at radius 3 is 2.58 bits per heavy atom. The molecule has 1 rings (SSSR count). The molecule has 0 spiro atoms. The van der Waals surface area contributed by atoms with Crippen molar-refractivity contribution in [1.29, 1.82) is 0 Å². The fraction of sp³-hybridized carbons (Fsp3) is 0.650. The molecule has 26 heavy (non-hydrogen) atoms. The van der Waals surface area contributed by atoms with Crippen molar-refractivity contribution in [2.75, 3.05) is 47.4 Å². The predicted octanol–water partition coefficient (Wildman–Crippen LogP) is 2.42. The quantitative estimate of drug-likeness (QED) is 0.466. The molecule has 0 fully saturated rings. The van der Waals surface area contributed by atoms with Crippen LogP contribution in [0, 0.1) is 6.92 Å². The number of rotatable bonds is 11. The highest BCUT2D eigenvalue weighted by Gasteiger charge is 2.11. The zero-order valence-electron chi connectivity index (χ0n) is 17.3. The van der Waals surface area contributed by atoms with Gasteiger partial charge in [0.2, 0.25) is 0 Å². The zero-order valence-corrected chi connectivity index (χ0v) is 17.3. The molecular formula is C20H36N4O2. The van der Waals surface area contributed by atoms with E-state index in [0.29, 0.717) is 19.8 Å². The topological polar surface area (TPSA) is 58.1 Å². The molecule has 6 heteroatoms. The molecule has 2 N–H and O–H groups in total. The summed E-state index contributed by atoms with van der Waals surface area (Å²) in [5, 5.41) is 6.72. The predicted molar refractivity (Wildman–Crippen MR) is 109 cm³/mol. The molecule has 1 aromatic carbocycles. The van der Waals surface area contributed by atoms with E-state index >= 15 is 0 Å². The highest BCUT2D eigenvalue weighted by Crippen LogP contribution is 2.20. The fourth-order valence-electron chi connectivity index (χ4n) is 2.59. The van der Waals surface area contributed by atoms with Crippen LogP contribution >= 0.6 is 0 Å². The highest BCUT2D eigenvalue weighted by atomic mass is 16.5. The molecule has 0 heterocycles. The molecule has 0 aromatic heterocycles. The van der Waals surface area contributed by atoms with Crippen LogP contribution in [-0.2, 0) is 11.3 Å². The number of nitrogens with zero attached hydrogens (tertiary/aromatic N) is 2. The first kappa shape index (κ1) is 22.3. The molecule has 0 bridgehead atoms. The minimum atomic E-state index is 0.166. The molecule has 0 aliphatic rings. The summed E-state index contributed by atoms with van der Waals surface area (Å²) in [5.74, 6) is 1.69. The summed E-state index contributed by atoms with van der Waals surface area (Å²) < 4.78 is 11.6. The fourth-order valence-corrected chi connectivity index (χ4v) is 2.59. The van der Waals surface area contributed by atoms with E-state index in [2.05, 4.69) is 59.7 Å². The zero-order chi connectivity index (χ0) is 19.4. The van der Waals surface area contributed by atoms with E-state index in [-0.39, 0.29) is 6.10 Å². The summed E-state index contributed by atoms with van der Waals surface area (Å²) in [7, 11) is 5.94. The number of benzene rings is 1. The van der Waals surface area contributed by atoms with E-state index in [4.69, 9.17) is 9.47 Å². The average molecular weight is 365 g/mol. The Kier molecular flexibility index (Phi) is 10.7. The first-order valence-corrected chi connectivity index (χ1v) is 9.43. The van der Waals surface area contributed by atoms with E-state index in [1.165, 1.54) is 5.56 Å². The van der Waals surface area contributed by atoms with Crippen LogP contribution in [0.2, 0.25) is 0 Å². The second-order valence-corrected chi connectivity index (χ2v) is 6.52. The van der Waals surface area contributed by atoms with Gasteiger partial charge >= 0.3 is 0 Å². The third kappa shape index (κ3) is 8.54. The lowest BCUT2D eigenvalue weighted by Gasteiger charge is -2.21. The van der Waals surface area contributed by atoms with E-state index in [1.54, 1.807) is 7.05 Å². The maximum absolute atomic E-state index is 5.82. The van der Waals surface area contributed by atoms with Crippen LogP contribution in [-0.4, -0.2) is 64.4 Å². The third-order valence-corrected chi connectivity index (χ3v) is 3.99. The van der Waals surface area contributed by atoms with Gasteiger partial charge in [0, 0.05) is 38.9 Å². The highest BCUT2D eigenvalue weighted by molar-refractivity contribution is 5.79. The number of hydrogen-bond donors (Lipinski definition) is 2. The standard InChI is InChI=1S/C20H36N4O2/c1-7-25-18(11-12-24(5)6)15-23-20(21-4)22-14-17-10-9-16(3)13-19(17)26-8-2/h9-10,13,18H,7-8,11-12,14-15H2,1-6H3,(H2,21,22,23). The van der Waals surface area contributed by atoms with Crippen LogP contribution < -0.4 is 15.4 Å². The van der Waals surface area contributed by atoms with Gasteiger partial charge in [0.15, 0.2) is 5.96 Å².